The summed E-state index contributed by atoms with van der Waals surface area (Å²) in [5.41, 5.74) is 3.40. The molecule has 1 aliphatic carbocycles. The Bertz CT molecular complexity index is 1300. The molecule has 0 bridgehead atoms. The van der Waals surface area contributed by atoms with Crippen molar-refractivity contribution in [3.63, 3.8) is 0 Å². The molecule has 0 aromatic heterocycles. The third kappa shape index (κ3) is 4.49. The van der Waals surface area contributed by atoms with Gasteiger partial charge in [0.05, 0.1) is 11.6 Å². The van der Waals surface area contributed by atoms with Gasteiger partial charge in [-0.1, -0.05) is 18.6 Å². The van der Waals surface area contributed by atoms with Crippen LogP contribution in [0.1, 0.15) is 71.5 Å². The summed E-state index contributed by atoms with van der Waals surface area (Å²) in [6.45, 7) is 2.29. The van der Waals surface area contributed by atoms with Gasteiger partial charge in [-0.05, 0) is 67.1 Å². The van der Waals surface area contributed by atoms with E-state index in [9.17, 15) is 19.6 Å². The zero-order valence-corrected chi connectivity index (χ0v) is 20.7. The van der Waals surface area contributed by atoms with Gasteiger partial charge in [-0.25, -0.2) is 0 Å². The summed E-state index contributed by atoms with van der Waals surface area (Å²) in [6, 6.07) is 15.5. The highest BCUT2D eigenvalue weighted by atomic mass is 16.5. The number of imide groups is 1. The minimum absolute atomic E-state index is 0.0848. The highest BCUT2D eigenvalue weighted by Gasteiger charge is 2.41. The number of carbonyl (C=O) groups is 3. The predicted molar refractivity (Wildman–Crippen MR) is 135 cm³/mol. The number of carbonyl (C=O) groups excluding carboxylic acids is 3. The summed E-state index contributed by atoms with van der Waals surface area (Å²) >= 11 is 0. The van der Waals surface area contributed by atoms with E-state index in [1.165, 1.54) is 12.0 Å². The summed E-state index contributed by atoms with van der Waals surface area (Å²) < 4.78 is 6.54. The third-order valence-corrected chi connectivity index (χ3v) is 8.32. The van der Waals surface area contributed by atoms with Gasteiger partial charge in [0.15, 0.2) is 0 Å². The molecule has 3 amide bonds. The molecule has 2 aromatic rings. The Balaban J connectivity index is 1.12. The van der Waals surface area contributed by atoms with Crippen LogP contribution in [0, 0.1) is 11.3 Å². The lowest BCUT2D eigenvalue weighted by atomic mass is 9.84. The van der Waals surface area contributed by atoms with E-state index in [0.717, 1.165) is 43.7 Å². The molecule has 1 N–H and O–H groups in total. The molecule has 8 heteroatoms. The van der Waals surface area contributed by atoms with E-state index >= 15 is 0 Å². The van der Waals surface area contributed by atoms with Gasteiger partial charge < -0.3 is 9.64 Å². The summed E-state index contributed by atoms with van der Waals surface area (Å²) in [5.74, 6) is 0.352. The van der Waals surface area contributed by atoms with Gasteiger partial charge in [-0.2, -0.15) is 5.26 Å². The fourth-order valence-electron chi connectivity index (χ4n) is 6.29. The minimum Gasteiger partial charge on any atom is -0.489 e. The van der Waals surface area contributed by atoms with Crippen molar-refractivity contribution in [2.45, 2.75) is 69.2 Å². The topological polar surface area (TPSA) is 103 Å². The maximum Gasteiger partial charge on any atom is 0.255 e. The normalized spacial score (nSPS) is 26.3. The van der Waals surface area contributed by atoms with Crippen LogP contribution in [-0.2, 0) is 16.1 Å². The van der Waals surface area contributed by atoms with Crippen molar-refractivity contribution in [2.75, 3.05) is 13.1 Å². The van der Waals surface area contributed by atoms with Crippen molar-refractivity contribution < 1.29 is 19.1 Å². The molecule has 0 radical (unpaired) electrons. The molecular formula is C29H30N4O4. The molecule has 8 nitrogen and oxygen atoms in total. The van der Waals surface area contributed by atoms with Crippen LogP contribution in [0.5, 0.6) is 5.75 Å². The standard InChI is InChI=1S/C29H30N4O4/c30-14-18-4-3-5-19(12-18)21-15-32(16-21)24-6-1-2-7-26(24)37-22-8-9-23-20(13-22)17-33(29(23)36)25-10-11-27(34)31-28(25)35/h3-5,8-9,12-13,21,24-26H,1-2,6-7,10-11,15-17H2,(H,31,34,35)/t24-,25?,26-/m1/s1. The number of nitriles is 1. The van der Waals surface area contributed by atoms with Gasteiger partial charge in [-0.3, -0.25) is 24.6 Å². The second kappa shape index (κ2) is 9.64. The number of hydrogen-bond donors (Lipinski definition) is 1. The average molecular weight is 499 g/mol. The number of ether oxygens (including phenoxy) is 1. The van der Waals surface area contributed by atoms with Crippen molar-refractivity contribution in [3.05, 3.63) is 64.7 Å². The lowest BCUT2D eigenvalue weighted by Crippen LogP contribution is -2.57. The van der Waals surface area contributed by atoms with Crippen LogP contribution < -0.4 is 10.1 Å². The molecule has 3 aliphatic heterocycles. The van der Waals surface area contributed by atoms with Gasteiger partial charge in [-0.15, -0.1) is 0 Å². The Labute approximate surface area is 216 Å². The maximum absolute atomic E-state index is 13.0. The molecule has 1 unspecified atom stereocenters. The Morgan fingerprint density at radius 2 is 1.84 bits per heavy atom. The lowest BCUT2D eigenvalue weighted by Gasteiger charge is -2.48. The molecular weight excluding hydrogens is 468 g/mol. The first-order chi connectivity index (χ1) is 18.0. The smallest absolute Gasteiger partial charge is 0.255 e. The molecule has 37 heavy (non-hydrogen) atoms. The fourth-order valence-corrected chi connectivity index (χ4v) is 6.29. The van der Waals surface area contributed by atoms with Crippen LogP contribution in [0.3, 0.4) is 0 Å². The number of fused-ring (bicyclic) bond motifs is 1. The molecule has 2 saturated heterocycles. The monoisotopic (exact) mass is 498 g/mol. The number of rotatable bonds is 5. The van der Waals surface area contributed by atoms with E-state index in [1.54, 1.807) is 11.0 Å². The van der Waals surface area contributed by atoms with Crippen LogP contribution in [0.25, 0.3) is 0 Å². The van der Waals surface area contributed by atoms with Crippen molar-refractivity contribution in [1.82, 2.24) is 15.1 Å². The van der Waals surface area contributed by atoms with Crippen LogP contribution in [0.4, 0.5) is 0 Å². The molecule has 0 spiro atoms. The number of benzene rings is 2. The Kier molecular flexibility index (Phi) is 6.17. The number of piperidine rings is 1. The van der Waals surface area contributed by atoms with E-state index in [4.69, 9.17) is 4.74 Å². The first-order valence-electron chi connectivity index (χ1n) is 13.2. The molecule has 3 heterocycles. The highest BCUT2D eigenvalue weighted by Crippen LogP contribution is 2.36. The predicted octanol–water partition coefficient (Wildman–Crippen LogP) is 3.11. The summed E-state index contributed by atoms with van der Waals surface area (Å²) in [5, 5.41) is 11.6. The fraction of sp³-hybridized carbons (Fsp3) is 0.448. The number of amides is 3. The number of likely N-dealkylation sites (tertiary alicyclic amines) is 1. The molecule has 1 saturated carbocycles. The third-order valence-electron chi connectivity index (χ3n) is 8.32. The van der Waals surface area contributed by atoms with Crippen molar-refractivity contribution >= 4 is 17.7 Å². The van der Waals surface area contributed by atoms with E-state index < -0.39 is 11.9 Å². The average Bonchev–Trinajstić information content (AvgIpc) is 3.19. The van der Waals surface area contributed by atoms with Crippen LogP contribution in [0.15, 0.2) is 42.5 Å². The van der Waals surface area contributed by atoms with Gasteiger partial charge >= 0.3 is 0 Å². The van der Waals surface area contributed by atoms with Gasteiger partial charge in [0, 0.05) is 43.6 Å². The van der Waals surface area contributed by atoms with Gasteiger partial charge in [0.25, 0.3) is 5.91 Å². The quantitative estimate of drug-likeness (QED) is 0.636. The molecule has 3 fully saturated rings. The number of hydrogen-bond acceptors (Lipinski definition) is 6. The lowest BCUT2D eigenvalue weighted by molar-refractivity contribution is -0.136. The molecule has 190 valence electrons. The van der Waals surface area contributed by atoms with Crippen LogP contribution in [0.2, 0.25) is 0 Å². The molecule has 4 aliphatic rings. The van der Waals surface area contributed by atoms with Gasteiger partial charge in [0.2, 0.25) is 11.8 Å². The number of nitrogens with one attached hydrogen (secondary N) is 1. The van der Waals surface area contributed by atoms with Crippen molar-refractivity contribution in [2.24, 2.45) is 0 Å². The highest BCUT2D eigenvalue weighted by molar-refractivity contribution is 6.05. The zero-order chi connectivity index (χ0) is 25.5. The Morgan fingerprint density at radius 3 is 2.65 bits per heavy atom. The van der Waals surface area contributed by atoms with Crippen LogP contribution >= 0.6 is 0 Å². The van der Waals surface area contributed by atoms with Gasteiger partial charge in [0.1, 0.15) is 17.9 Å². The number of nitrogens with zero attached hydrogens (tertiary/aromatic N) is 3. The Hall–Kier alpha value is -3.70. The zero-order valence-electron chi connectivity index (χ0n) is 20.7. The van der Waals surface area contributed by atoms with E-state index in [0.29, 0.717) is 36.1 Å². The Morgan fingerprint density at radius 1 is 1.00 bits per heavy atom. The molecule has 2 aromatic carbocycles. The van der Waals surface area contributed by atoms with E-state index in [1.807, 2.05) is 30.3 Å². The summed E-state index contributed by atoms with van der Waals surface area (Å²) in [4.78, 5) is 40.9. The van der Waals surface area contributed by atoms with Crippen molar-refractivity contribution in [3.8, 4) is 11.8 Å². The molecule has 3 atom stereocenters. The van der Waals surface area contributed by atoms with Crippen molar-refractivity contribution in [1.29, 1.82) is 5.26 Å². The summed E-state index contributed by atoms with van der Waals surface area (Å²) in [6.07, 6.45) is 5.10. The van der Waals surface area contributed by atoms with E-state index in [-0.39, 0.29) is 24.3 Å². The second-order valence-electron chi connectivity index (χ2n) is 10.6. The van der Waals surface area contributed by atoms with Crippen LogP contribution in [-0.4, -0.2) is 58.8 Å². The molecule has 6 rings (SSSR count). The second-order valence-corrected chi connectivity index (χ2v) is 10.6. The SMILES string of the molecule is N#Cc1cccc(C2CN([C@@H]3CCCC[C@H]3Oc3ccc4c(c3)CN(C3CCC(=O)NC3=O)C4=O)C2)c1. The minimum atomic E-state index is -0.613. The largest absolute Gasteiger partial charge is 0.489 e. The maximum atomic E-state index is 13.0. The first kappa shape index (κ1) is 23.7. The van der Waals surface area contributed by atoms with E-state index in [2.05, 4.69) is 22.4 Å². The summed E-state index contributed by atoms with van der Waals surface area (Å²) in [7, 11) is 0. The first-order valence-corrected chi connectivity index (χ1v) is 13.2.